The SMILES string of the molecule is Cc1cc(NC(=O)c2cnn(-c3ccc(C(F)(F)F)cn3)c2C)cnc1C1CCCN(S(=O)(=O)N(C)C)CC1. The van der Waals surface area contributed by atoms with Gasteiger partial charge in [0.25, 0.3) is 16.1 Å². The van der Waals surface area contributed by atoms with Crippen molar-refractivity contribution in [2.45, 2.75) is 45.2 Å². The molecule has 14 heteroatoms. The average molecular weight is 566 g/mol. The van der Waals surface area contributed by atoms with Gasteiger partial charge in [-0.15, -0.1) is 0 Å². The molecule has 0 saturated carbocycles. The Hall–Kier alpha value is -3.36. The Morgan fingerprint density at radius 3 is 2.44 bits per heavy atom. The number of aryl methyl sites for hydroxylation is 1. The second-order valence-electron chi connectivity index (χ2n) is 9.66. The van der Waals surface area contributed by atoms with Gasteiger partial charge in [-0.25, -0.2) is 9.67 Å². The topological polar surface area (TPSA) is 113 Å². The van der Waals surface area contributed by atoms with E-state index in [1.807, 2.05) is 13.0 Å². The number of hydrogen-bond acceptors (Lipinski definition) is 6. The highest BCUT2D eigenvalue weighted by Gasteiger charge is 2.31. The fourth-order valence-electron chi connectivity index (χ4n) is 4.63. The Balaban J connectivity index is 1.45. The number of amides is 1. The first-order chi connectivity index (χ1) is 18.3. The lowest BCUT2D eigenvalue weighted by atomic mass is 9.93. The molecule has 4 rings (SSSR count). The predicted molar refractivity (Wildman–Crippen MR) is 139 cm³/mol. The lowest BCUT2D eigenvalue weighted by Gasteiger charge is -2.24. The summed E-state index contributed by atoms with van der Waals surface area (Å²) in [5, 5.41) is 6.92. The van der Waals surface area contributed by atoms with Crippen molar-refractivity contribution in [2.24, 2.45) is 0 Å². The van der Waals surface area contributed by atoms with Crippen LogP contribution in [0.25, 0.3) is 5.82 Å². The second-order valence-corrected chi connectivity index (χ2v) is 11.8. The highest BCUT2D eigenvalue weighted by molar-refractivity contribution is 7.86. The van der Waals surface area contributed by atoms with Crippen LogP contribution in [0.1, 0.15) is 58.1 Å². The number of carbonyl (C=O) groups excluding carboxylic acids is 1. The first-order valence-corrected chi connectivity index (χ1v) is 13.7. The van der Waals surface area contributed by atoms with E-state index in [0.717, 1.165) is 29.9 Å². The first kappa shape index (κ1) is 28.6. The number of alkyl halides is 3. The van der Waals surface area contributed by atoms with Crippen molar-refractivity contribution in [2.75, 3.05) is 32.5 Å². The number of nitrogens with one attached hydrogen (secondary N) is 1. The van der Waals surface area contributed by atoms with E-state index in [0.29, 0.717) is 37.3 Å². The molecule has 1 N–H and O–H groups in total. The Labute approximate surface area is 225 Å². The van der Waals surface area contributed by atoms with Crippen LogP contribution in [0.5, 0.6) is 0 Å². The van der Waals surface area contributed by atoms with E-state index in [9.17, 15) is 26.4 Å². The molecule has 1 atom stereocenters. The summed E-state index contributed by atoms with van der Waals surface area (Å²) in [4.78, 5) is 21.4. The molecule has 1 unspecified atom stereocenters. The predicted octanol–water partition coefficient (Wildman–Crippen LogP) is 3.93. The Morgan fingerprint density at radius 2 is 1.82 bits per heavy atom. The molecule has 4 heterocycles. The number of halogens is 3. The average Bonchev–Trinajstić information content (AvgIpc) is 3.08. The molecule has 1 fully saturated rings. The number of aromatic nitrogens is 4. The molecule has 210 valence electrons. The van der Waals surface area contributed by atoms with E-state index in [1.54, 1.807) is 13.1 Å². The fraction of sp³-hybridized carbons (Fsp3) is 0.440. The van der Waals surface area contributed by atoms with Gasteiger partial charge in [-0.2, -0.15) is 35.3 Å². The third-order valence-corrected chi connectivity index (χ3v) is 8.73. The van der Waals surface area contributed by atoms with Gasteiger partial charge in [0.15, 0.2) is 5.82 Å². The van der Waals surface area contributed by atoms with Gasteiger partial charge < -0.3 is 5.32 Å². The number of nitrogens with zero attached hydrogens (tertiary/aromatic N) is 6. The number of carbonyl (C=O) groups is 1. The van der Waals surface area contributed by atoms with Crippen LogP contribution in [0.3, 0.4) is 0 Å². The number of hydrogen-bond donors (Lipinski definition) is 1. The third kappa shape index (κ3) is 6.12. The van der Waals surface area contributed by atoms with Crippen molar-refractivity contribution in [1.82, 2.24) is 28.4 Å². The Bertz CT molecular complexity index is 1450. The Kier molecular flexibility index (Phi) is 8.09. The normalized spacial score (nSPS) is 17.3. The maximum atomic E-state index is 13.0. The highest BCUT2D eigenvalue weighted by atomic mass is 32.2. The van der Waals surface area contributed by atoms with Gasteiger partial charge in [0.1, 0.15) is 0 Å². The van der Waals surface area contributed by atoms with E-state index in [4.69, 9.17) is 0 Å². The van der Waals surface area contributed by atoms with E-state index in [1.165, 1.54) is 39.7 Å². The van der Waals surface area contributed by atoms with Crippen LogP contribution in [-0.2, 0) is 16.4 Å². The quantitative estimate of drug-likeness (QED) is 0.485. The van der Waals surface area contributed by atoms with Crippen molar-refractivity contribution in [3.63, 3.8) is 0 Å². The fourth-order valence-corrected chi connectivity index (χ4v) is 5.78. The zero-order valence-electron chi connectivity index (χ0n) is 22.0. The van der Waals surface area contributed by atoms with Crippen LogP contribution in [0.2, 0.25) is 0 Å². The lowest BCUT2D eigenvalue weighted by molar-refractivity contribution is -0.137. The van der Waals surface area contributed by atoms with Crippen molar-refractivity contribution in [3.8, 4) is 5.82 Å². The highest BCUT2D eigenvalue weighted by Crippen LogP contribution is 2.31. The molecule has 1 aliphatic rings. The minimum atomic E-state index is -4.50. The molecule has 0 aliphatic carbocycles. The summed E-state index contributed by atoms with van der Waals surface area (Å²) >= 11 is 0. The molecule has 0 spiro atoms. The maximum absolute atomic E-state index is 13.0. The summed E-state index contributed by atoms with van der Waals surface area (Å²) in [6.07, 6.45) is 1.28. The van der Waals surface area contributed by atoms with Crippen molar-refractivity contribution in [3.05, 3.63) is 64.9 Å². The summed E-state index contributed by atoms with van der Waals surface area (Å²) < 4.78 is 67.6. The van der Waals surface area contributed by atoms with Crippen LogP contribution in [0.15, 0.2) is 36.8 Å². The summed E-state index contributed by atoms with van der Waals surface area (Å²) in [6, 6.07) is 3.92. The minimum absolute atomic E-state index is 0.0915. The molecule has 3 aromatic rings. The number of rotatable bonds is 6. The molecule has 0 bridgehead atoms. The van der Waals surface area contributed by atoms with Crippen LogP contribution >= 0.6 is 0 Å². The van der Waals surface area contributed by atoms with E-state index in [-0.39, 0.29) is 17.3 Å². The van der Waals surface area contributed by atoms with E-state index in [2.05, 4.69) is 20.4 Å². The van der Waals surface area contributed by atoms with Gasteiger partial charge in [-0.3, -0.25) is 9.78 Å². The molecule has 0 radical (unpaired) electrons. The molecule has 39 heavy (non-hydrogen) atoms. The van der Waals surface area contributed by atoms with Crippen LogP contribution in [-0.4, -0.2) is 69.9 Å². The van der Waals surface area contributed by atoms with Gasteiger partial charge in [0.05, 0.1) is 34.9 Å². The molecule has 1 saturated heterocycles. The summed E-state index contributed by atoms with van der Waals surface area (Å²) in [7, 11) is -0.425. The molecule has 10 nitrogen and oxygen atoms in total. The van der Waals surface area contributed by atoms with Crippen molar-refractivity contribution in [1.29, 1.82) is 0 Å². The second kappa shape index (κ2) is 11.0. The first-order valence-electron chi connectivity index (χ1n) is 12.3. The smallest absolute Gasteiger partial charge is 0.320 e. The standard InChI is InChI=1S/C25H30F3N7O3S/c1-16-12-20(14-30-23(16)18-6-5-10-34(11-9-18)39(37,38)33(3)4)32-24(36)21-15-31-35(17(21)2)22-8-7-19(13-29-22)25(26,27)28/h7-8,12-15,18H,5-6,9-11H2,1-4H3,(H,32,36). The van der Waals surface area contributed by atoms with Gasteiger partial charge in [0.2, 0.25) is 0 Å². The van der Waals surface area contributed by atoms with Crippen LogP contribution < -0.4 is 5.32 Å². The minimum Gasteiger partial charge on any atom is -0.320 e. The van der Waals surface area contributed by atoms with Gasteiger partial charge in [-0.05, 0) is 56.9 Å². The Morgan fingerprint density at radius 1 is 1.08 bits per heavy atom. The van der Waals surface area contributed by atoms with E-state index >= 15 is 0 Å². The molecule has 3 aromatic heterocycles. The number of pyridine rings is 2. The molecule has 1 aliphatic heterocycles. The van der Waals surface area contributed by atoms with Crippen molar-refractivity contribution >= 4 is 21.8 Å². The largest absolute Gasteiger partial charge is 0.417 e. The molecular formula is C25H30F3N7O3S. The third-order valence-electron chi connectivity index (χ3n) is 6.78. The van der Waals surface area contributed by atoms with Gasteiger partial charge in [-0.1, -0.05) is 0 Å². The van der Waals surface area contributed by atoms with Crippen LogP contribution in [0.4, 0.5) is 18.9 Å². The monoisotopic (exact) mass is 565 g/mol. The summed E-state index contributed by atoms with van der Waals surface area (Å²) in [5.74, 6) is -0.200. The van der Waals surface area contributed by atoms with Crippen molar-refractivity contribution < 1.29 is 26.4 Å². The van der Waals surface area contributed by atoms with Gasteiger partial charge >= 0.3 is 6.18 Å². The zero-order valence-corrected chi connectivity index (χ0v) is 22.8. The molecular weight excluding hydrogens is 535 g/mol. The summed E-state index contributed by atoms with van der Waals surface area (Å²) in [6.45, 7) is 4.39. The maximum Gasteiger partial charge on any atom is 0.417 e. The molecule has 1 amide bonds. The summed E-state index contributed by atoms with van der Waals surface area (Å²) in [5.41, 5.74) is 2.00. The van der Waals surface area contributed by atoms with E-state index < -0.39 is 27.9 Å². The lowest BCUT2D eigenvalue weighted by Crippen LogP contribution is -2.40. The van der Waals surface area contributed by atoms with Gasteiger partial charge in [0, 0.05) is 45.0 Å². The number of anilines is 1. The van der Waals surface area contributed by atoms with Crippen LogP contribution in [0, 0.1) is 13.8 Å². The zero-order chi connectivity index (χ0) is 28.5. The molecule has 0 aromatic carbocycles.